The summed E-state index contributed by atoms with van der Waals surface area (Å²) in [5.41, 5.74) is 0. The molecule has 2 saturated heterocycles. The molecule has 4 amide bonds. The average Bonchev–Trinajstić information content (AvgIpc) is 3.20. The summed E-state index contributed by atoms with van der Waals surface area (Å²) in [5, 5.41) is 2.35. The molecule has 0 bridgehead atoms. The van der Waals surface area contributed by atoms with Crippen LogP contribution in [0.4, 0.5) is 9.59 Å². The van der Waals surface area contributed by atoms with Gasteiger partial charge in [0.25, 0.3) is 0 Å². The molecule has 0 aromatic heterocycles. The third kappa shape index (κ3) is 9.87. The summed E-state index contributed by atoms with van der Waals surface area (Å²) in [4.78, 5) is 39.9. The average molecular weight is 542 g/mol. The van der Waals surface area contributed by atoms with E-state index >= 15 is 0 Å². The van der Waals surface area contributed by atoms with E-state index in [0.717, 1.165) is 19.3 Å². The van der Waals surface area contributed by atoms with Gasteiger partial charge in [-0.3, -0.25) is 15.0 Å². The zero-order chi connectivity index (χ0) is 27.6. The summed E-state index contributed by atoms with van der Waals surface area (Å²) >= 11 is 0. The van der Waals surface area contributed by atoms with E-state index in [1.165, 1.54) is 48.3 Å². The van der Waals surface area contributed by atoms with Gasteiger partial charge in [-0.15, -0.1) is 0 Å². The zero-order valence-electron chi connectivity index (χ0n) is 24.3. The van der Waals surface area contributed by atoms with Crippen LogP contribution in [0.25, 0.3) is 0 Å². The molecule has 0 spiro atoms. The van der Waals surface area contributed by atoms with E-state index < -0.39 is 38.8 Å². The van der Waals surface area contributed by atoms with Crippen molar-refractivity contribution in [1.29, 1.82) is 0 Å². The fourth-order valence-corrected chi connectivity index (χ4v) is 5.33. The van der Waals surface area contributed by atoms with Crippen molar-refractivity contribution in [1.82, 2.24) is 15.1 Å². The van der Waals surface area contributed by atoms with Crippen molar-refractivity contribution in [2.45, 2.75) is 135 Å². The summed E-state index contributed by atoms with van der Waals surface area (Å²) < 4.78 is 18.5. The van der Waals surface area contributed by atoms with E-state index in [-0.39, 0.29) is 17.7 Å². The highest BCUT2D eigenvalue weighted by molar-refractivity contribution is 6.74. The van der Waals surface area contributed by atoms with Gasteiger partial charge in [-0.25, -0.2) is 9.59 Å². The van der Waals surface area contributed by atoms with E-state index in [1.54, 1.807) is 7.05 Å². The van der Waals surface area contributed by atoms with Crippen molar-refractivity contribution in [3.8, 4) is 0 Å². The topological polar surface area (TPSA) is 97.4 Å². The van der Waals surface area contributed by atoms with Crippen molar-refractivity contribution < 1.29 is 28.3 Å². The van der Waals surface area contributed by atoms with Crippen LogP contribution in [0.15, 0.2) is 0 Å². The summed E-state index contributed by atoms with van der Waals surface area (Å²) in [6, 6.07) is -0.945. The summed E-state index contributed by atoms with van der Waals surface area (Å²) in [5.74, 6) is -0.232. The molecule has 2 heterocycles. The Kier molecular flexibility index (Phi) is 12.4. The van der Waals surface area contributed by atoms with Crippen LogP contribution in [-0.2, 0) is 18.7 Å². The molecule has 1 N–H and O–H groups in total. The van der Waals surface area contributed by atoms with Crippen LogP contribution < -0.4 is 5.32 Å². The molecule has 1 unspecified atom stereocenters. The van der Waals surface area contributed by atoms with Crippen molar-refractivity contribution in [3.63, 3.8) is 0 Å². The van der Waals surface area contributed by atoms with Crippen molar-refractivity contribution in [2.75, 3.05) is 20.3 Å². The van der Waals surface area contributed by atoms with Crippen molar-refractivity contribution in [3.05, 3.63) is 0 Å². The molecule has 214 valence electrons. The maximum Gasteiger partial charge on any atom is 0.328 e. The third-order valence-corrected chi connectivity index (χ3v) is 12.4. The molecule has 9 nitrogen and oxygen atoms in total. The minimum atomic E-state index is -2.05. The predicted molar refractivity (Wildman–Crippen MR) is 147 cm³/mol. The van der Waals surface area contributed by atoms with E-state index in [2.05, 4.69) is 46.1 Å². The SMILES string of the molecule is CCCCCCCCCCCC(=O)O[C@H]1CC(N2CN(C)C(=O)NC2=O)O[C@@H]1CO[Si](C)(C)C(C)(C)C. The van der Waals surface area contributed by atoms with Crippen LogP contribution in [0, 0.1) is 0 Å². The Morgan fingerprint density at radius 2 is 1.62 bits per heavy atom. The Balaban J connectivity index is 1.89. The van der Waals surface area contributed by atoms with Gasteiger partial charge >= 0.3 is 18.0 Å². The number of unbranched alkanes of at least 4 members (excludes halogenated alkanes) is 8. The van der Waals surface area contributed by atoms with Crippen LogP contribution in [-0.4, -0.2) is 74.9 Å². The fraction of sp³-hybridized carbons (Fsp3) is 0.889. The first-order valence-electron chi connectivity index (χ1n) is 14.2. The van der Waals surface area contributed by atoms with Gasteiger partial charge in [0.2, 0.25) is 0 Å². The van der Waals surface area contributed by atoms with Gasteiger partial charge < -0.3 is 18.8 Å². The van der Waals surface area contributed by atoms with Crippen LogP contribution >= 0.6 is 0 Å². The number of esters is 1. The maximum atomic E-state index is 12.7. The molecule has 2 aliphatic rings. The van der Waals surface area contributed by atoms with Crippen LogP contribution in [0.3, 0.4) is 0 Å². The van der Waals surface area contributed by atoms with E-state index in [1.807, 2.05) is 0 Å². The first-order chi connectivity index (χ1) is 17.4. The number of hydrogen-bond acceptors (Lipinski definition) is 6. The van der Waals surface area contributed by atoms with Crippen LogP contribution in [0.2, 0.25) is 18.1 Å². The van der Waals surface area contributed by atoms with E-state index in [9.17, 15) is 14.4 Å². The van der Waals surface area contributed by atoms with Gasteiger partial charge in [0.15, 0.2) is 8.32 Å². The smallest absolute Gasteiger partial charge is 0.328 e. The van der Waals surface area contributed by atoms with Gasteiger partial charge in [0.1, 0.15) is 25.1 Å². The zero-order valence-corrected chi connectivity index (χ0v) is 25.3. The molecule has 10 heteroatoms. The molecular formula is C27H51N3O6Si. The number of nitrogens with one attached hydrogen (secondary N) is 1. The van der Waals surface area contributed by atoms with Gasteiger partial charge in [-0.2, -0.15) is 0 Å². The highest BCUT2D eigenvalue weighted by Gasteiger charge is 2.46. The molecule has 2 fully saturated rings. The van der Waals surface area contributed by atoms with E-state index in [4.69, 9.17) is 13.9 Å². The second kappa shape index (κ2) is 14.5. The van der Waals surface area contributed by atoms with Gasteiger partial charge in [0, 0.05) is 19.9 Å². The highest BCUT2D eigenvalue weighted by Crippen LogP contribution is 2.37. The molecule has 37 heavy (non-hydrogen) atoms. The molecule has 0 radical (unpaired) electrons. The summed E-state index contributed by atoms with van der Waals surface area (Å²) in [6.45, 7) is 13.5. The minimum absolute atomic E-state index is 0.0308. The number of carbonyl (C=O) groups excluding carboxylic acids is 3. The molecular weight excluding hydrogens is 490 g/mol. The Bertz CT molecular complexity index is 757. The van der Waals surface area contributed by atoms with Gasteiger partial charge in [-0.1, -0.05) is 79.1 Å². The molecule has 2 aliphatic heterocycles. The standard InChI is InChI=1S/C27H51N3O6Si/c1-8-9-10-11-12-13-14-15-16-17-24(31)36-21-18-23(30-20-29(5)25(32)28-26(30)33)35-22(21)19-34-37(6,7)27(2,3)4/h21-23H,8-20H2,1-7H3,(H,28,32,33)/t21-,22+,23?/m0/s1. The minimum Gasteiger partial charge on any atom is -0.459 e. The molecule has 2 rings (SSSR count). The number of amides is 4. The second-order valence-corrected chi connectivity index (χ2v) is 16.9. The van der Waals surface area contributed by atoms with Gasteiger partial charge in [-0.05, 0) is 24.6 Å². The van der Waals surface area contributed by atoms with Crippen LogP contribution in [0.1, 0.15) is 98.3 Å². The Labute approximate surface area is 225 Å². The first kappa shape index (κ1) is 31.6. The lowest BCUT2D eigenvalue weighted by atomic mass is 10.1. The second-order valence-electron chi connectivity index (χ2n) is 12.1. The Morgan fingerprint density at radius 3 is 2.22 bits per heavy atom. The molecule has 0 aromatic carbocycles. The van der Waals surface area contributed by atoms with Crippen LogP contribution in [0.5, 0.6) is 0 Å². The largest absolute Gasteiger partial charge is 0.459 e. The van der Waals surface area contributed by atoms with Gasteiger partial charge in [0.05, 0.1) is 6.61 Å². The number of nitrogens with zero attached hydrogens (tertiary/aromatic N) is 2. The lowest BCUT2D eigenvalue weighted by molar-refractivity contribution is -0.153. The number of carbonyl (C=O) groups is 3. The lowest BCUT2D eigenvalue weighted by Gasteiger charge is -2.38. The first-order valence-corrected chi connectivity index (χ1v) is 17.1. The third-order valence-electron chi connectivity index (χ3n) is 7.90. The maximum absolute atomic E-state index is 12.7. The Hall–Kier alpha value is -1.65. The van der Waals surface area contributed by atoms with Crippen molar-refractivity contribution in [2.24, 2.45) is 0 Å². The molecule has 3 atom stereocenters. The predicted octanol–water partition coefficient (Wildman–Crippen LogP) is 5.99. The molecule has 0 aliphatic carbocycles. The van der Waals surface area contributed by atoms with E-state index in [0.29, 0.717) is 19.4 Å². The number of ether oxygens (including phenoxy) is 2. The summed E-state index contributed by atoms with van der Waals surface area (Å²) in [6.07, 6.45) is 9.84. The number of hydrogen-bond donors (Lipinski definition) is 1. The number of imide groups is 1. The molecule has 0 saturated carbocycles. The Morgan fingerprint density at radius 1 is 1.03 bits per heavy atom. The highest BCUT2D eigenvalue weighted by atomic mass is 28.4. The molecule has 0 aromatic rings. The summed E-state index contributed by atoms with van der Waals surface area (Å²) in [7, 11) is -0.433. The number of urea groups is 2. The van der Waals surface area contributed by atoms with Crippen molar-refractivity contribution >= 4 is 26.3 Å². The monoisotopic (exact) mass is 541 g/mol. The normalized spacial score (nSPS) is 22.9. The fourth-order valence-electron chi connectivity index (χ4n) is 4.32. The lowest BCUT2D eigenvalue weighted by Crippen LogP contribution is -2.60. The quantitative estimate of drug-likeness (QED) is 0.155. The number of rotatable bonds is 15.